The third-order valence-electron chi connectivity index (χ3n) is 4.47. The smallest absolute Gasteiger partial charge is 0.251 e. The minimum atomic E-state index is -2.62. The molecule has 0 radical (unpaired) electrons. The zero-order chi connectivity index (χ0) is 16.4. The van der Waals surface area contributed by atoms with Crippen molar-refractivity contribution in [1.29, 1.82) is 0 Å². The van der Waals surface area contributed by atoms with E-state index in [1.54, 1.807) is 17.3 Å². The topological polar surface area (TPSA) is 49.3 Å². The Bertz CT molecular complexity index is 559. The number of halogens is 3. The standard InChI is InChI=1S/C15H19BrF2N4O/c16-12-8-19-14(20-9-12)22-5-1-2-11(10-22)13(23)21-6-3-15(17,18)4-7-21/h8-9,11H,1-7,10H2. The van der Waals surface area contributed by atoms with Crippen molar-refractivity contribution < 1.29 is 13.6 Å². The fourth-order valence-corrected chi connectivity index (χ4v) is 3.35. The van der Waals surface area contributed by atoms with Gasteiger partial charge in [0.2, 0.25) is 11.9 Å². The number of carbonyl (C=O) groups excluding carboxylic acids is 1. The molecule has 1 aromatic heterocycles. The van der Waals surface area contributed by atoms with Crippen LogP contribution in [0.2, 0.25) is 0 Å². The highest BCUT2D eigenvalue weighted by Gasteiger charge is 2.38. The van der Waals surface area contributed by atoms with Crippen LogP contribution < -0.4 is 4.90 Å². The lowest BCUT2D eigenvalue weighted by Crippen LogP contribution is -2.49. The molecule has 3 heterocycles. The quantitative estimate of drug-likeness (QED) is 0.781. The maximum atomic E-state index is 13.2. The summed E-state index contributed by atoms with van der Waals surface area (Å²) in [5.74, 6) is -2.19. The Morgan fingerprint density at radius 3 is 2.52 bits per heavy atom. The van der Waals surface area contributed by atoms with Crippen molar-refractivity contribution >= 4 is 27.8 Å². The van der Waals surface area contributed by atoms with E-state index in [-0.39, 0.29) is 37.8 Å². The zero-order valence-electron chi connectivity index (χ0n) is 12.7. The Kier molecular flexibility index (Phi) is 4.79. The normalized spacial score (nSPS) is 24.6. The largest absolute Gasteiger partial charge is 0.342 e. The first kappa shape index (κ1) is 16.5. The molecule has 3 rings (SSSR count). The second kappa shape index (κ2) is 6.67. The van der Waals surface area contributed by atoms with E-state index in [1.165, 1.54) is 0 Å². The van der Waals surface area contributed by atoms with E-state index in [0.717, 1.165) is 23.9 Å². The molecule has 1 unspecified atom stereocenters. The van der Waals surface area contributed by atoms with Crippen molar-refractivity contribution in [3.8, 4) is 0 Å². The number of piperidine rings is 2. The number of nitrogens with zero attached hydrogens (tertiary/aromatic N) is 4. The van der Waals surface area contributed by atoms with Crippen LogP contribution in [-0.4, -0.2) is 52.9 Å². The van der Waals surface area contributed by atoms with Crippen LogP contribution in [0.1, 0.15) is 25.7 Å². The molecule has 1 amide bonds. The Labute approximate surface area is 142 Å². The third kappa shape index (κ3) is 3.97. The van der Waals surface area contributed by atoms with Crippen LogP contribution in [0.3, 0.4) is 0 Å². The maximum absolute atomic E-state index is 13.2. The number of rotatable bonds is 2. The van der Waals surface area contributed by atoms with E-state index in [1.807, 2.05) is 4.90 Å². The Balaban J connectivity index is 1.62. The van der Waals surface area contributed by atoms with E-state index in [9.17, 15) is 13.6 Å². The van der Waals surface area contributed by atoms with Crippen molar-refractivity contribution in [3.05, 3.63) is 16.9 Å². The summed E-state index contributed by atoms with van der Waals surface area (Å²) in [4.78, 5) is 24.7. The molecule has 2 aliphatic rings. The molecule has 2 saturated heterocycles. The number of alkyl halides is 2. The lowest BCUT2D eigenvalue weighted by Gasteiger charge is -2.37. The van der Waals surface area contributed by atoms with Gasteiger partial charge in [-0.1, -0.05) is 0 Å². The summed E-state index contributed by atoms with van der Waals surface area (Å²) in [6.45, 7) is 1.66. The summed E-state index contributed by atoms with van der Waals surface area (Å²) in [5.41, 5.74) is 0. The molecule has 2 aliphatic heterocycles. The molecular formula is C15H19BrF2N4O. The van der Waals surface area contributed by atoms with E-state index >= 15 is 0 Å². The molecular weight excluding hydrogens is 370 g/mol. The van der Waals surface area contributed by atoms with Gasteiger partial charge in [-0.15, -0.1) is 0 Å². The monoisotopic (exact) mass is 388 g/mol. The fraction of sp³-hybridized carbons (Fsp3) is 0.667. The highest BCUT2D eigenvalue weighted by molar-refractivity contribution is 9.10. The molecule has 5 nitrogen and oxygen atoms in total. The Morgan fingerprint density at radius 1 is 1.22 bits per heavy atom. The van der Waals surface area contributed by atoms with Crippen LogP contribution in [0.5, 0.6) is 0 Å². The number of aromatic nitrogens is 2. The van der Waals surface area contributed by atoms with Gasteiger partial charge in [0.05, 0.1) is 10.4 Å². The number of hydrogen-bond donors (Lipinski definition) is 0. The Morgan fingerprint density at radius 2 is 1.87 bits per heavy atom. The lowest BCUT2D eigenvalue weighted by atomic mass is 9.95. The molecule has 0 N–H and O–H groups in total. The van der Waals surface area contributed by atoms with Gasteiger partial charge in [0.25, 0.3) is 5.92 Å². The van der Waals surface area contributed by atoms with Gasteiger partial charge in [-0.05, 0) is 28.8 Å². The summed E-state index contributed by atoms with van der Waals surface area (Å²) in [5, 5.41) is 0. The van der Waals surface area contributed by atoms with Crippen LogP contribution >= 0.6 is 15.9 Å². The predicted molar refractivity (Wildman–Crippen MR) is 85.4 cm³/mol. The predicted octanol–water partition coefficient (Wildman–Crippen LogP) is 2.71. The van der Waals surface area contributed by atoms with E-state index in [0.29, 0.717) is 12.5 Å². The highest BCUT2D eigenvalue weighted by atomic mass is 79.9. The summed E-state index contributed by atoms with van der Waals surface area (Å²) < 4.78 is 27.3. The van der Waals surface area contributed by atoms with Crippen molar-refractivity contribution in [2.24, 2.45) is 5.92 Å². The van der Waals surface area contributed by atoms with Crippen LogP contribution in [0, 0.1) is 5.92 Å². The van der Waals surface area contributed by atoms with Crippen molar-refractivity contribution in [2.45, 2.75) is 31.6 Å². The molecule has 0 aliphatic carbocycles. The highest BCUT2D eigenvalue weighted by Crippen LogP contribution is 2.30. The average Bonchev–Trinajstić information content (AvgIpc) is 2.55. The Hall–Kier alpha value is -1.31. The lowest BCUT2D eigenvalue weighted by molar-refractivity contribution is -0.141. The molecule has 8 heteroatoms. The number of anilines is 1. The molecule has 0 bridgehead atoms. The van der Waals surface area contributed by atoms with Crippen LogP contribution in [0.4, 0.5) is 14.7 Å². The first-order valence-electron chi connectivity index (χ1n) is 7.84. The van der Waals surface area contributed by atoms with E-state index in [4.69, 9.17) is 0 Å². The summed E-state index contributed by atoms with van der Waals surface area (Å²) >= 11 is 3.30. The van der Waals surface area contributed by atoms with Gasteiger partial charge in [-0.3, -0.25) is 4.79 Å². The number of carbonyl (C=O) groups is 1. The minimum absolute atomic E-state index is 0.0117. The molecule has 1 aromatic rings. The molecule has 2 fully saturated rings. The summed E-state index contributed by atoms with van der Waals surface area (Å²) in [6, 6.07) is 0. The van der Waals surface area contributed by atoms with E-state index in [2.05, 4.69) is 25.9 Å². The van der Waals surface area contributed by atoms with Gasteiger partial charge in [0.15, 0.2) is 0 Å². The van der Waals surface area contributed by atoms with Gasteiger partial charge in [0, 0.05) is 51.4 Å². The zero-order valence-corrected chi connectivity index (χ0v) is 14.3. The average molecular weight is 389 g/mol. The SMILES string of the molecule is O=C(C1CCCN(c2ncc(Br)cn2)C1)N1CCC(F)(F)CC1. The van der Waals surface area contributed by atoms with Crippen LogP contribution in [0.15, 0.2) is 16.9 Å². The molecule has 0 saturated carbocycles. The van der Waals surface area contributed by atoms with Gasteiger partial charge in [-0.25, -0.2) is 18.7 Å². The van der Waals surface area contributed by atoms with Gasteiger partial charge >= 0.3 is 0 Å². The molecule has 23 heavy (non-hydrogen) atoms. The van der Waals surface area contributed by atoms with Crippen molar-refractivity contribution in [3.63, 3.8) is 0 Å². The second-order valence-electron chi connectivity index (χ2n) is 6.17. The van der Waals surface area contributed by atoms with Gasteiger partial charge in [-0.2, -0.15) is 0 Å². The molecule has 126 valence electrons. The summed E-state index contributed by atoms with van der Waals surface area (Å²) in [6.07, 6.45) is 4.57. The molecule has 0 aromatic carbocycles. The molecule has 1 atom stereocenters. The third-order valence-corrected chi connectivity index (χ3v) is 4.88. The number of likely N-dealkylation sites (tertiary alicyclic amines) is 1. The minimum Gasteiger partial charge on any atom is -0.342 e. The van der Waals surface area contributed by atoms with Crippen molar-refractivity contribution in [1.82, 2.24) is 14.9 Å². The maximum Gasteiger partial charge on any atom is 0.251 e. The van der Waals surface area contributed by atoms with Crippen molar-refractivity contribution in [2.75, 3.05) is 31.1 Å². The molecule has 0 spiro atoms. The number of hydrogen-bond acceptors (Lipinski definition) is 4. The first-order valence-corrected chi connectivity index (χ1v) is 8.63. The number of amides is 1. The second-order valence-corrected chi connectivity index (χ2v) is 7.08. The van der Waals surface area contributed by atoms with Crippen LogP contribution in [-0.2, 0) is 4.79 Å². The van der Waals surface area contributed by atoms with Crippen LogP contribution in [0.25, 0.3) is 0 Å². The fourth-order valence-electron chi connectivity index (χ4n) is 3.14. The van der Waals surface area contributed by atoms with E-state index < -0.39 is 5.92 Å². The van der Waals surface area contributed by atoms with Gasteiger partial charge < -0.3 is 9.80 Å². The van der Waals surface area contributed by atoms with Gasteiger partial charge in [0.1, 0.15) is 0 Å². The first-order chi connectivity index (χ1) is 10.9. The summed E-state index contributed by atoms with van der Waals surface area (Å²) in [7, 11) is 0.